The summed E-state index contributed by atoms with van der Waals surface area (Å²) in [6.07, 6.45) is 0.991. The predicted octanol–water partition coefficient (Wildman–Crippen LogP) is 4.37. The van der Waals surface area contributed by atoms with Crippen LogP contribution in [0.4, 0.5) is 0 Å². The molecule has 1 aromatic carbocycles. The second-order valence-corrected chi connectivity index (χ2v) is 6.56. The molecule has 0 aliphatic heterocycles. The molecule has 1 rings (SSSR count). The molecule has 1 unspecified atom stereocenters. The highest BCUT2D eigenvalue weighted by atomic mass is 35.5. The molecule has 4 heteroatoms. The van der Waals surface area contributed by atoms with Crippen molar-refractivity contribution in [1.82, 2.24) is 10.2 Å². The maximum Gasteiger partial charge on any atom is 0.0468 e. The zero-order valence-corrected chi connectivity index (χ0v) is 13.9. The summed E-state index contributed by atoms with van der Waals surface area (Å²) in [5, 5.41) is 5.01. The number of halogens is 2. The molecule has 0 amide bonds. The van der Waals surface area contributed by atoms with Crippen LogP contribution in [0.25, 0.3) is 0 Å². The first-order valence-corrected chi connectivity index (χ1v) is 7.39. The molecule has 0 spiro atoms. The van der Waals surface area contributed by atoms with Crippen LogP contribution < -0.4 is 5.32 Å². The molecule has 108 valence electrons. The molecule has 0 saturated carbocycles. The third kappa shape index (κ3) is 4.64. The van der Waals surface area contributed by atoms with E-state index < -0.39 is 0 Å². The molecule has 1 aromatic rings. The first-order valence-electron chi connectivity index (χ1n) is 6.63. The summed E-state index contributed by atoms with van der Waals surface area (Å²) in [7, 11) is 4.19. The molecule has 1 N–H and O–H groups in total. The van der Waals surface area contributed by atoms with Gasteiger partial charge in [0.2, 0.25) is 0 Å². The fourth-order valence-electron chi connectivity index (χ4n) is 1.79. The van der Waals surface area contributed by atoms with Gasteiger partial charge in [-0.05, 0) is 52.1 Å². The smallest absolute Gasteiger partial charge is 0.0468 e. The van der Waals surface area contributed by atoms with Crippen molar-refractivity contribution in [3.05, 3.63) is 33.8 Å². The van der Waals surface area contributed by atoms with Gasteiger partial charge in [0.25, 0.3) is 0 Å². The number of nitrogens with one attached hydrogen (secondary N) is 1. The van der Waals surface area contributed by atoms with Crippen molar-refractivity contribution >= 4 is 23.2 Å². The molecular formula is C15H24Cl2N2. The molecule has 0 fully saturated rings. The Hall–Kier alpha value is -0.280. The van der Waals surface area contributed by atoms with Crippen molar-refractivity contribution in [1.29, 1.82) is 0 Å². The quantitative estimate of drug-likeness (QED) is 0.839. The summed E-state index contributed by atoms with van der Waals surface area (Å²) in [6.45, 7) is 7.50. The lowest BCUT2D eigenvalue weighted by Gasteiger charge is -2.34. The molecule has 1 atom stereocenters. The first-order chi connectivity index (χ1) is 8.77. The van der Waals surface area contributed by atoms with Crippen LogP contribution in [-0.4, -0.2) is 31.1 Å². The van der Waals surface area contributed by atoms with Crippen molar-refractivity contribution in [3.8, 4) is 0 Å². The van der Waals surface area contributed by atoms with Gasteiger partial charge in [0.15, 0.2) is 0 Å². The van der Waals surface area contributed by atoms with Gasteiger partial charge in [-0.1, -0.05) is 36.2 Å². The summed E-state index contributed by atoms with van der Waals surface area (Å²) in [4.78, 5) is 2.22. The van der Waals surface area contributed by atoms with Crippen molar-refractivity contribution in [2.75, 3.05) is 20.6 Å². The Morgan fingerprint density at radius 3 is 2.37 bits per heavy atom. The van der Waals surface area contributed by atoms with Gasteiger partial charge in [-0.15, -0.1) is 0 Å². The minimum absolute atomic E-state index is 0.103. The van der Waals surface area contributed by atoms with E-state index in [2.05, 4.69) is 45.1 Å². The Bertz CT molecular complexity index is 417. The van der Waals surface area contributed by atoms with Crippen LogP contribution in [-0.2, 0) is 0 Å². The van der Waals surface area contributed by atoms with E-state index in [-0.39, 0.29) is 11.6 Å². The van der Waals surface area contributed by atoms with E-state index in [0.29, 0.717) is 5.02 Å². The van der Waals surface area contributed by atoms with Crippen molar-refractivity contribution in [2.24, 2.45) is 0 Å². The van der Waals surface area contributed by atoms with E-state index in [0.717, 1.165) is 23.6 Å². The number of hydrogen-bond donors (Lipinski definition) is 1. The van der Waals surface area contributed by atoms with E-state index in [4.69, 9.17) is 23.2 Å². The van der Waals surface area contributed by atoms with E-state index >= 15 is 0 Å². The standard InChI is InChI=1S/C15H24Cl2N2/c1-6-14(18-10-15(2,3)19(4)5)12-8-7-11(16)9-13(12)17/h7-9,14,18H,6,10H2,1-5H3. The lowest BCUT2D eigenvalue weighted by Crippen LogP contribution is -2.47. The fraction of sp³-hybridized carbons (Fsp3) is 0.600. The third-order valence-electron chi connectivity index (χ3n) is 3.74. The Kier molecular flexibility index (Phi) is 6.13. The highest BCUT2D eigenvalue weighted by Crippen LogP contribution is 2.28. The third-order valence-corrected chi connectivity index (χ3v) is 4.30. The minimum Gasteiger partial charge on any atom is -0.308 e. The van der Waals surface area contributed by atoms with Crippen LogP contribution in [0.2, 0.25) is 10.0 Å². The van der Waals surface area contributed by atoms with Gasteiger partial charge in [0.05, 0.1) is 0 Å². The minimum atomic E-state index is 0.103. The van der Waals surface area contributed by atoms with Gasteiger partial charge in [0, 0.05) is 28.2 Å². The van der Waals surface area contributed by atoms with Gasteiger partial charge in [-0.2, -0.15) is 0 Å². The summed E-state index contributed by atoms with van der Waals surface area (Å²) in [6, 6.07) is 5.96. The largest absolute Gasteiger partial charge is 0.308 e. The molecular weight excluding hydrogens is 279 g/mol. The topological polar surface area (TPSA) is 15.3 Å². The van der Waals surface area contributed by atoms with Crippen LogP contribution >= 0.6 is 23.2 Å². The Labute approximate surface area is 127 Å². The average molecular weight is 303 g/mol. The van der Waals surface area contributed by atoms with E-state index in [1.165, 1.54) is 0 Å². The van der Waals surface area contributed by atoms with Crippen LogP contribution in [0.15, 0.2) is 18.2 Å². The summed E-state index contributed by atoms with van der Waals surface area (Å²) in [5.41, 5.74) is 1.22. The van der Waals surface area contributed by atoms with Gasteiger partial charge in [-0.3, -0.25) is 0 Å². The van der Waals surface area contributed by atoms with E-state index in [1.54, 1.807) is 6.07 Å². The Morgan fingerprint density at radius 2 is 1.89 bits per heavy atom. The molecule has 0 bridgehead atoms. The van der Waals surface area contributed by atoms with Crippen molar-refractivity contribution in [3.63, 3.8) is 0 Å². The zero-order chi connectivity index (χ0) is 14.6. The van der Waals surface area contributed by atoms with E-state index in [1.807, 2.05) is 12.1 Å². The summed E-state index contributed by atoms with van der Waals surface area (Å²) < 4.78 is 0. The van der Waals surface area contributed by atoms with Gasteiger partial charge in [0.1, 0.15) is 0 Å². The molecule has 0 saturated heterocycles. The lowest BCUT2D eigenvalue weighted by molar-refractivity contribution is 0.183. The summed E-state index contributed by atoms with van der Waals surface area (Å²) >= 11 is 12.2. The number of likely N-dealkylation sites (N-methyl/N-ethyl adjacent to an activating group) is 1. The maximum absolute atomic E-state index is 6.28. The van der Waals surface area contributed by atoms with Crippen LogP contribution in [0, 0.1) is 0 Å². The van der Waals surface area contributed by atoms with Crippen LogP contribution in [0.1, 0.15) is 38.8 Å². The molecule has 0 aliphatic carbocycles. The highest BCUT2D eigenvalue weighted by Gasteiger charge is 2.22. The van der Waals surface area contributed by atoms with Gasteiger partial charge in [-0.25, -0.2) is 0 Å². The molecule has 2 nitrogen and oxygen atoms in total. The lowest BCUT2D eigenvalue weighted by atomic mass is 10.0. The zero-order valence-electron chi connectivity index (χ0n) is 12.4. The van der Waals surface area contributed by atoms with Crippen molar-refractivity contribution < 1.29 is 0 Å². The molecule has 0 heterocycles. The molecule has 0 radical (unpaired) electrons. The predicted molar refractivity (Wildman–Crippen MR) is 85.3 cm³/mol. The number of benzene rings is 1. The molecule has 0 aromatic heterocycles. The number of hydrogen-bond acceptors (Lipinski definition) is 2. The second-order valence-electron chi connectivity index (χ2n) is 5.71. The highest BCUT2D eigenvalue weighted by molar-refractivity contribution is 6.35. The van der Waals surface area contributed by atoms with Crippen LogP contribution in [0.5, 0.6) is 0 Å². The number of nitrogens with zero attached hydrogens (tertiary/aromatic N) is 1. The van der Waals surface area contributed by atoms with E-state index in [9.17, 15) is 0 Å². The van der Waals surface area contributed by atoms with Crippen molar-refractivity contribution in [2.45, 2.75) is 38.8 Å². The fourth-order valence-corrected chi connectivity index (χ4v) is 2.33. The van der Waals surface area contributed by atoms with Crippen LogP contribution in [0.3, 0.4) is 0 Å². The Balaban J connectivity index is 2.79. The first kappa shape index (κ1) is 16.8. The second kappa shape index (κ2) is 6.94. The summed E-state index contributed by atoms with van der Waals surface area (Å²) in [5.74, 6) is 0. The normalized spacial score (nSPS) is 13.9. The molecule has 19 heavy (non-hydrogen) atoms. The molecule has 0 aliphatic rings. The SMILES string of the molecule is CCC(NCC(C)(C)N(C)C)c1ccc(Cl)cc1Cl. The number of rotatable bonds is 6. The van der Waals surface area contributed by atoms with Gasteiger partial charge >= 0.3 is 0 Å². The Morgan fingerprint density at radius 1 is 1.26 bits per heavy atom. The maximum atomic E-state index is 6.28. The average Bonchev–Trinajstić information content (AvgIpc) is 2.31. The van der Waals surface area contributed by atoms with Gasteiger partial charge < -0.3 is 10.2 Å². The monoisotopic (exact) mass is 302 g/mol.